The van der Waals surface area contributed by atoms with Gasteiger partial charge in [0.15, 0.2) is 0 Å². The minimum atomic E-state index is 0.359. The van der Waals surface area contributed by atoms with Crippen LogP contribution in [0.2, 0.25) is 0 Å². The van der Waals surface area contributed by atoms with Gasteiger partial charge in [-0.3, -0.25) is 4.68 Å². The summed E-state index contributed by atoms with van der Waals surface area (Å²) >= 11 is 3.37. The molecule has 0 fully saturated rings. The van der Waals surface area contributed by atoms with Crippen LogP contribution in [0, 0.1) is 0 Å². The molecule has 1 N–H and O–H groups in total. The Balaban J connectivity index is 2.25. The third-order valence-corrected chi connectivity index (χ3v) is 2.35. The van der Waals surface area contributed by atoms with Gasteiger partial charge in [0.25, 0.3) is 0 Å². The summed E-state index contributed by atoms with van der Waals surface area (Å²) in [6.07, 6.45) is 3.77. The predicted molar refractivity (Wildman–Crippen MR) is 59.4 cm³/mol. The highest BCUT2D eigenvalue weighted by molar-refractivity contribution is 9.10. The highest BCUT2D eigenvalue weighted by Gasteiger charge is 2.04. The second kappa shape index (κ2) is 6.16. The molecule has 0 aliphatic heterocycles. The van der Waals surface area contributed by atoms with E-state index >= 15 is 0 Å². The minimum Gasteiger partial charge on any atom is -0.383 e. The fraction of sp³-hybridized carbons (Fsp3) is 0.667. The maximum absolute atomic E-state index is 4.94. The number of nitrogens with zero attached hydrogens (tertiary/aromatic N) is 2. The van der Waals surface area contributed by atoms with Crippen LogP contribution in [0.4, 0.5) is 0 Å². The molecule has 1 aromatic heterocycles. The van der Waals surface area contributed by atoms with Gasteiger partial charge in [-0.05, 0) is 22.9 Å². The summed E-state index contributed by atoms with van der Waals surface area (Å²) in [5, 5.41) is 7.51. The van der Waals surface area contributed by atoms with Crippen LogP contribution < -0.4 is 5.32 Å². The molecule has 0 spiro atoms. The van der Waals surface area contributed by atoms with E-state index in [2.05, 4.69) is 33.3 Å². The Hall–Kier alpha value is -0.390. The van der Waals surface area contributed by atoms with Gasteiger partial charge in [0.2, 0.25) is 0 Å². The lowest BCUT2D eigenvalue weighted by Crippen LogP contribution is -2.26. The van der Waals surface area contributed by atoms with Crippen LogP contribution >= 0.6 is 15.9 Å². The van der Waals surface area contributed by atoms with E-state index in [-0.39, 0.29) is 0 Å². The Morgan fingerprint density at radius 3 is 3.07 bits per heavy atom. The fourth-order valence-corrected chi connectivity index (χ4v) is 1.44. The van der Waals surface area contributed by atoms with Gasteiger partial charge < -0.3 is 10.1 Å². The van der Waals surface area contributed by atoms with Crippen LogP contribution in [-0.4, -0.2) is 36.6 Å². The molecule has 80 valence electrons. The molecule has 0 aromatic carbocycles. The molecule has 1 unspecified atom stereocenters. The molecule has 1 atom stereocenters. The van der Waals surface area contributed by atoms with Crippen molar-refractivity contribution < 1.29 is 4.74 Å². The topological polar surface area (TPSA) is 39.1 Å². The van der Waals surface area contributed by atoms with E-state index in [0.29, 0.717) is 6.04 Å². The second-order valence-corrected chi connectivity index (χ2v) is 4.10. The average Bonchev–Trinajstić information content (AvgIpc) is 2.59. The lowest BCUT2D eigenvalue weighted by Gasteiger charge is -2.12. The first-order chi connectivity index (χ1) is 6.74. The van der Waals surface area contributed by atoms with Crippen molar-refractivity contribution in [2.24, 2.45) is 0 Å². The summed E-state index contributed by atoms with van der Waals surface area (Å²) < 4.78 is 7.89. The van der Waals surface area contributed by atoms with Crippen molar-refractivity contribution in [2.75, 3.05) is 26.8 Å². The number of hydrogen-bond acceptors (Lipinski definition) is 3. The minimum absolute atomic E-state index is 0.359. The van der Waals surface area contributed by atoms with Crippen molar-refractivity contribution >= 4 is 15.9 Å². The Morgan fingerprint density at radius 1 is 1.71 bits per heavy atom. The van der Waals surface area contributed by atoms with E-state index < -0.39 is 0 Å². The molecule has 0 aliphatic carbocycles. The summed E-state index contributed by atoms with van der Waals surface area (Å²) in [5.74, 6) is 0. The first-order valence-corrected chi connectivity index (χ1v) is 5.42. The zero-order valence-corrected chi connectivity index (χ0v) is 10.1. The van der Waals surface area contributed by atoms with E-state index in [1.54, 1.807) is 13.3 Å². The van der Waals surface area contributed by atoms with Gasteiger partial charge in [0.1, 0.15) is 0 Å². The van der Waals surface area contributed by atoms with Gasteiger partial charge in [-0.15, -0.1) is 0 Å². The summed E-state index contributed by atoms with van der Waals surface area (Å²) in [6, 6.07) is 0.359. The maximum atomic E-state index is 4.94. The molecule has 0 amide bonds. The summed E-state index contributed by atoms with van der Waals surface area (Å²) in [4.78, 5) is 0. The molecule has 5 heteroatoms. The lowest BCUT2D eigenvalue weighted by atomic mass is 10.3. The quantitative estimate of drug-likeness (QED) is 0.788. The Labute approximate surface area is 92.8 Å². The van der Waals surface area contributed by atoms with Crippen molar-refractivity contribution in [3.8, 4) is 0 Å². The van der Waals surface area contributed by atoms with Crippen LogP contribution in [-0.2, 0) is 4.74 Å². The highest BCUT2D eigenvalue weighted by atomic mass is 79.9. The molecule has 0 saturated heterocycles. The van der Waals surface area contributed by atoms with Crippen molar-refractivity contribution in [1.29, 1.82) is 0 Å². The van der Waals surface area contributed by atoms with Crippen LogP contribution in [0.1, 0.15) is 13.0 Å². The van der Waals surface area contributed by atoms with Gasteiger partial charge in [-0.25, -0.2) is 0 Å². The second-order valence-electron chi connectivity index (χ2n) is 3.18. The van der Waals surface area contributed by atoms with E-state index in [1.165, 1.54) is 0 Å². The number of halogens is 1. The van der Waals surface area contributed by atoms with E-state index in [9.17, 15) is 0 Å². The third kappa shape index (κ3) is 3.77. The SMILES string of the molecule is COCCNCC(C)n1cc(Br)cn1. The number of rotatable bonds is 6. The van der Waals surface area contributed by atoms with Crippen molar-refractivity contribution in [3.05, 3.63) is 16.9 Å². The molecule has 1 rings (SSSR count). The lowest BCUT2D eigenvalue weighted by molar-refractivity contribution is 0.198. The average molecular weight is 262 g/mol. The van der Waals surface area contributed by atoms with E-state index in [4.69, 9.17) is 4.74 Å². The fourth-order valence-electron chi connectivity index (χ4n) is 1.13. The maximum Gasteiger partial charge on any atom is 0.0632 e. The molecule has 0 aliphatic rings. The Morgan fingerprint density at radius 2 is 2.50 bits per heavy atom. The smallest absolute Gasteiger partial charge is 0.0632 e. The third-order valence-electron chi connectivity index (χ3n) is 1.94. The van der Waals surface area contributed by atoms with Crippen LogP contribution in [0.3, 0.4) is 0 Å². The van der Waals surface area contributed by atoms with Crippen molar-refractivity contribution in [3.63, 3.8) is 0 Å². The van der Waals surface area contributed by atoms with E-state index in [1.807, 2.05) is 10.9 Å². The first-order valence-electron chi connectivity index (χ1n) is 4.63. The number of hydrogen-bond donors (Lipinski definition) is 1. The van der Waals surface area contributed by atoms with Crippen LogP contribution in [0.25, 0.3) is 0 Å². The van der Waals surface area contributed by atoms with Gasteiger partial charge in [0, 0.05) is 26.4 Å². The number of methoxy groups -OCH3 is 1. The molecular formula is C9H16BrN3O. The van der Waals surface area contributed by atoms with E-state index in [0.717, 1.165) is 24.2 Å². The monoisotopic (exact) mass is 261 g/mol. The molecule has 0 saturated carbocycles. The molecule has 1 heterocycles. The van der Waals surface area contributed by atoms with Gasteiger partial charge in [-0.2, -0.15) is 5.10 Å². The number of ether oxygens (including phenoxy) is 1. The summed E-state index contributed by atoms with van der Waals surface area (Å²) in [7, 11) is 1.70. The Bertz CT molecular complexity index is 264. The normalized spacial score (nSPS) is 13.1. The molecular weight excluding hydrogens is 246 g/mol. The predicted octanol–water partition coefficient (Wildman–Crippen LogP) is 1.44. The summed E-state index contributed by atoms with van der Waals surface area (Å²) in [6.45, 7) is 4.65. The zero-order valence-electron chi connectivity index (χ0n) is 8.53. The number of nitrogens with one attached hydrogen (secondary N) is 1. The van der Waals surface area contributed by atoms with Gasteiger partial charge in [0.05, 0.1) is 23.3 Å². The first kappa shape index (κ1) is 11.7. The standard InChI is InChI=1S/C9H16BrN3O/c1-8(5-11-3-4-14-2)13-7-9(10)6-12-13/h6-8,11H,3-5H2,1-2H3. The molecule has 0 radical (unpaired) electrons. The summed E-state index contributed by atoms with van der Waals surface area (Å²) in [5.41, 5.74) is 0. The van der Waals surface area contributed by atoms with Gasteiger partial charge >= 0.3 is 0 Å². The van der Waals surface area contributed by atoms with Crippen LogP contribution in [0.5, 0.6) is 0 Å². The van der Waals surface area contributed by atoms with Gasteiger partial charge in [-0.1, -0.05) is 0 Å². The van der Waals surface area contributed by atoms with Crippen LogP contribution in [0.15, 0.2) is 16.9 Å². The molecule has 1 aromatic rings. The Kier molecular flexibility index (Phi) is 5.14. The molecule has 4 nitrogen and oxygen atoms in total. The highest BCUT2D eigenvalue weighted by Crippen LogP contribution is 2.10. The largest absolute Gasteiger partial charge is 0.383 e. The van der Waals surface area contributed by atoms with Crippen molar-refractivity contribution in [2.45, 2.75) is 13.0 Å². The zero-order chi connectivity index (χ0) is 10.4. The van der Waals surface area contributed by atoms with Crippen molar-refractivity contribution in [1.82, 2.24) is 15.1 Å². The molecule has 14 heavy (non-hydrogen) atoms. The number of aromatic nitrogens is 2. The molecule has 0 bridgehead atoms.